The van der Waals surface area contributed by atoms with Crippen LogP contribution in [-0.4, -0.2) is 11.8 Å². The maximum Gasteiger partial charge on any atom is 0.233 e. The maximum atomic E-state index is 13.1. The summed E-state index contributed by atoms with van der Waals surface area (Å²) in [6.45, 7) is 3.66. The van der Waals surface area contributed by atoms with Crippen molar-refractivity contribution < 1.29 is 18.4 Å². The molecule has 0 bridgehead atoms. The molecular weight excluding hydrogens is 338 g/mol. The summed E-state index contributed by atoms with van der Waals surface area (Å²) in [5.41, 5.74) is 2.23. The van der Waals surface area contributed by atoms with Gasteiger partial charge < -0.3 is 10.6 Å². The van der Waals surface area contributed by atoms with E-state index < -0.39 is 29.9 Å². The van der Waals surface area contributed by atoms with Gasteiger partial charge in [0.15, 0.2) is 11.6 Å². The van der Waals surface area contributed by atoms with Gasteiger partial charge in [0.1, 0.15) is 6.42 Å². The Kier molecular flexibility index (Phi) is 5.51. The van der Waals surface area contributed by atoms with E-state index in [2.05, 4.69) is 10.6 Å². The largest absolute Gasteiger partial charge is 0.326 e. The Balaban J connectivity index is 1.99. The highest BCUT2D eigenvalue weighted by atomic mass is 35.5. The number of halogens is 3. The first kappa shape index (κ1) is 17.9. The Labute approximate surface area is 142 Å². The highest BCUT2D eigenvalue weighted by Crippen LogP contribution is 2.27. The number of nitrogens with one attached hydrogen (secondary N) is 2. The normalized spacial score (nSPS) is 10.4. The SMILES string of the molecule is Cc1cc(C)c(NC(=O)CC(=O)Nc2ccc(F)c(F)c2)c(Cl)c1. The molecule has 0 fully saturated rings. The predicted molar refractivity (Wildman–Crippen MR) is 89.2 cm³/mol. The predicted octanol–water partition coefficient (Wildman–Crippen LogP) is 4.20. The fourth-order valence-electron chi connectivity index (χ4n) is 2.18. The molecule has 2 rings (SSSR count). The first-order chi connectivity index (χ1) is 11.3. The zero-order valence-electron chi connectivity index (χ0n) is 13.0. The van der Waals surface area contributed by atoms with E-state index in [0.29, 0.717) is 10.7 Å². The molecule has 0 saturated heterocycles. The van der Waals surface area contributed by atoms with Crippen molar-refractivity contribution in [3.05, 3.63) is 58.1 Å². The van der Waals surface area contributed by atoms with Crippen LogP contribution in [0, 0.1) is 25.5 Å². The van der Waals surface area contributed by atoms with Crippen LogP contribution in [0.2, 0.25) is 5.02 Å². The first-order valence-electron chi connectivity index (χ1n) is 7.08. The van der Waals surface area contributed by atoms with Crippen molar-refractivity contribution in [2.24, 2.45) is 0 Å². The van der Waals surface area contributed by atoms with E-state index in [1.54, 1.807) is 13.0 Å². The average Bonchev–Trinajstić information content (AvgIpc) is 2.46. The molecule has 24 heavy (non-hydrogen) atoms. The van der Waals surface area contributed by atoms with E-state index in [1.807, 2.05) is 13.0 Å². The summed E-state index contributed by atoms with van der Waals surface area (Å²) in [6, 6.07) is 6.48. The van der Waals surface area contributed by atoms with Gasteiger partial charge in [-0.2, -0.15) is 0 Å². The molecular formula is C17H15ClF2N2O2. The minimum Gasteiger partial charge on any atom is -0.326 e. The number of benzene rings is 2. The zero-order valence-corrected chi connectivity index (χ0v) is 13.8. The molecule has 0 aliphatic carbocycles. The Bertz CT molecular complexity index is 786. The number of aryl methyl sites for hydroxylation is 2. The van der Waals surface area contributed by atoms with Crippen LogP contribution in [0.5, 0.6) is 0 Å². The highest BCUT2D eigenvalue weighted by molar-refractivity contribution is 6.34. The van der Waals surface area contributed by atoms with Crippen molar-refractivity contribution in [3.63, 3.8) is 0 Å². The van der Waals surface area contributed by atoms with Gasteiger partial charge in [0.2, 0.25) is 11.8 Å². The molecule has 0 radical (unpaired) electrons. The zero-order chi connectivity index (χ0) is 17.9. The molecule has 0 unspecified atom stereocenters. The molecule has 0 spiro atoms. The van der Waals surface area contributed by atoms with Gasteiger partial charge in [-0.05, 0) is 43.2 Å². The molecule has 0 aliphatic heterocycles. The fourth-order valence-corrected chi connectivity index (χ4v) is 2.55. The van der Waals surface area contributed by atoms with Gasteiger partial charge >= 0.3 is 0 Å². The number of amides is 2. The van der Waals surface area contributed by atoms with Crippen LogP contribution in [-0.2, 0) is 9.59 Å². The molecule has 7 heteroatoms. The monoisotopic (exact) mass is 352 g/mol. The van der Waals surface area contributed by atoms with Crippen LogP contribution < -0.4 is 10.6 Å². The molecule has 4 nitrogen and oxygen atoms in total. The molecule has 2 aromatic carbocycles. The molecule has 0 aliphatic rings. The number of hydrogen-bond acceptors (Lipinski definition) is 2. The smallest absolute Gasteiger partial charge is 0.233 e. The lowest BCUT2D eigenvalue weighted by Gasteiger charge is -2.11. The van der Waals surface area contributed by atoms with E-state index in [4.69, 9.17) is 11.6 Å². The molecule has 0 heterocycles. The number of rotatable bonds is 4. The summed E-state index contributed by atoms with van der Waals surface area (Å²) >= 11 is 6.08. The van der Waals surface area contributed by atoms with Gasteiger partial charge in [-0.15, -0.1) is 0 Å². The standard InChI is InChI=1S/C17H15ClF2N2O2/c1-9-5-10(2)17(12(18)6-9)22-16(24)8-15(23)21-11-3-4-13(19)14(20)7-11/h3-7H,8H2,1-2H3,(H,21,23)(H,22,24). The Morgan fingerprint density at radius 2 is 1.67 bits per heavy atom. The molecule has 0 atom stereocenters. The number of hydrogen-bond donors (Lipinski definition) is 2. The van der Waals surface area contributed by atoms with E-state index in [1.165, 1.54) is 6.07 Å². The van der Waals surface area contributed by atoms with Crippen LogP contribution in [0.1, 0.15) is 17.5 Å². The lowest BCUT2D eigenvalue weighted by molar-refractivity contribution is -0.123. The minimum atomic E-state index is -1.08. The number of carbonyl (C=O) groups is 2. The van der Waals surface area contributed by atoms with E-state index in [-0.39, 0.29) is 5.69 Å². The molecule has 126 valence electrons. The highest BCUT2D eigenvalue weighted by Gasteiger charge is 2.14. The number of anilines is 2. The Morgan fingerprint density at radius 1 is 1.00 bits per heavy atom. The van der Waals surface area contributed by atoms with Gasteiger partial charge in [-0.3, -0.25) is 9.59 Å². The molecule has 0 saturated carbocycles. The van der Waals surface area contributed by atoms with Crippen molar-refractivity contribution in [3.8, 4) is 0 Å². The summed E-state index contributed by atoms with van der Waals surface area (Å²) in [4.78, 5) is 23.8. The second kappa shape index (κ2) is 7.40. The van der Waals surface area contributed by atoms with Crippen LogP contribution in [0.4, 0.5) is 20.2 Å². The third-order valence-electron chi connectivity index (χ3n) is 3.22. The van der Waals surface area contributed by atoms with Crippen LogP contribution in [0.25, 0.3) is 0 Å². The van der Waals surface area contributed by atoms with Crippen molar-refractivity contribution >= 4 is 34.8 Å². The molecule has 2 N–H and O–H groups in total. The van der Waals surface area contributed by atoms with Gasteiger partial charge in [0, 0.05) is 11.8 Å². The lowest BCUT2D eigenvalue weighted by atomic mass is 10.1. The Morgan fingerprint density at radius 3 is 2.29 bits per heavy atom. The van der Waals surface area contributed by atoms with Gasteiger partial charge in [-0.25, -0.2) is 8.78 Å². The van der Waals surface area contributed by atoms with Crippen LogP contribution in [0.15, 0.2) is 30.3 Å². The van der Waals surface area contributed by atoms with Crippen LogP contribution in [0.3, 0.4) is 0 Å². The second-order valence-corrected chi connectivity index (χ2v) is 5.75. The third-order valence-corrected chi connectivity index (χ3v) is 3.52. The quantitative estimate of drug-likeness (QED) is 0.810. The Hall–Kier alpha value is -2.47. The van der Waals surface area contributed by atoms with Gasteiger partial charge in [0.25, 0.3) is 0 Å². The summed E-state index contributed by atoms with van der Waals surface area (Å²) in [6.07, 6.45) is -0.483. The van der Waals surface area contributed by atoms with E-state index in [9.17, 15) is 18.4 Å². The van der Waals surface area contributed by atoms with Crippen LogP contribution >= 0.6 is 11.6 Å². The summed E-state index contributed by atoms with van der Waals surface area (Å²) < 4.78 is 25.9. The topological polar surface area (TPSA) is 58.2 Å². The summed E-state index contributed by atoms with van der Waals surface area (Å²) in [5, 5.41) is 5.28. The van der Waals surface area contributed by atoms with Crippen molar-refractivity contribution in [1.29, 1.82) is 0 Å². The summed E-state index contributed by atoms with van der Waals surface area (Å²) in [5.74, 6) is -3.32. The van der Waals surface area contributed by atoms with Crippen molar-refractivity contribution in [1.82, 2.24) is 0 Å². The first-order valence-corrected chi connectivity index (χ1v) is 7.45. The maximum absolute atomic E-state index is 13.1. The third kappa shape index (κ3) is 4.52. The van der Waals surface area contributed by atoms with E-state index >= 15 is 0 Å². The molecule has 2 amide bonds. The summed E-state index contributed by atoms with van der Waals surface area (Å²) in [7, 11) is 0. The minimum absolute atomic E-state index is 0.0660. The molecule has 2 aromatic rings. The number of carbonyl (C=O) groups excluding carboxylic acids is 2. The lowest BCUT2D eigenvalue weighted by Crippen LogP contribution is -2.22. The van der Waals surface area contributed by atoms with Gasteiger partial charge in [-0.1, -0.05) is 17.7 Å². The molecule has 0 aromatic heterocycles. The second-order valence-electron chi connectivity index (χ2n) is 5.34. The van der Waals surface area contributed by atoms with Gasteiger partial charge in [0.05, 0.1) is 10.7 Å². The average molecular weight is 353 g/mol. The van der Waals surface area contributed by atoms with E-state index in [0.717, 1.165) is 23.3 Å². The van der Waals surface area contributed by atoms with Crippen molar-refractivity contribution in [2.75, 3.05) is 10.6 Å². The van der Waals surface area contributed by atoms with Crippen molar-refractivity contribution in [2.45, 2.75) is 20.3 Å². The fraction of sp³-hybridized carbons (Fsp3) is 0.176.